The summed E-state index contributed by atoms with van der Waals surface area (Å²) >= 11 is 0. The van der Waals surface area contributed by atoms with Crippen LogP contribution < -0.4 is 10.1 Å². The van der Waals surface area contributed by atoms with Crippen molar-refractivity contribution in [3.63, 3.8) is 0 Å². The zero-order valence-electron chi connectivity index (χ0n) is 17.6. The number of benzene rings is 1. The summed E-state index contributed by atoms with van der Waals surface area (Å²) in [5.41, 5.74) is 0. The van der Waals surface area contributed by atoms with Gasteiger partial charge in [-0.25, -0.2) is 0 Å². The zero-order valence-corrected chi connectivity index (χ0v) is 18.4. The van der Waals surface area contributed by atoms with Crippen LogP contribution in [-0.2, 0) is 9.59 Å². The maximum Gasteiger partial charge on any atom is 0.225 e. The Morgan fingerprint density at radius 2 is 1.50 bits per heavy atom. The highest BCUT2D eigenvalue weighted by Crippen LogP contribution is 2.29. The Kier molecular flexibility index (Phi) is 8.40. The van der Waals surface area contributed by atoms with E-state index in [1.165, 1.54) is 0 Å². The van der Waals surface area contributed by atoms with Gasteiger partial charge in [-0.2, -0.15) is 0 Å². The lowest BCUT2D eigenvalue weighted by molar-refractivity contribution is -0.141. The van der Waals surface area contributed by atoms with Crippen LogP contribution in [0, 0.1) is 17.8 Å². The van der Waals surface area contributed by atoms with E-state index in [1.54, 1.807) is 0 Å². The number of carbonyl (C=O) groups is 2. The largest absolute Gasteiger partial charge is 0.493 e. The summed E-state index contributed by atoms with van der Waals surface area (Å²) in [4.78, 5) is 29.5. The number of hydrogen-bond acceptors (Lipinski definition) is 4. The Bertz CT molecular complexity index is 680. The topological polar surface area (TPSA) is 61.9 Å². The van der Waals surface area contributed by atoms with Crippen molar-refractivity contribution >= 4 is 24.2 Å². The summed E-state index contributed by atoms with van der Waals surface area (Å²) in [5, 5.41) is 3.49. The van der Waals surface area contributed by atoms with Gasteiger partial charge in [0.15, 0.2) is 0 Å². The van der Waals surface area contributed by atoms with Crippen LogP contribution in [0.1, 0.15) is 32.1 Å². The molecular formula is C23H34ClN3O3. The summed E-state index contributed by atoms with van der Waals surface area (Å²) in [6, 6.07) is 9.58. The molecule has 0 saturated carbocycles. The number of rotatable bonds is 5. The molecule has 7 heteroatoms. The molecule has 0 aliphatic carbocycles. The minimum atomic E-state index is 0. The normalized spacial score (nSPS) is 24.5. The van der Waals surface area contributed by atoms with Crippen LogP contribution in [0.15, 0.2) is 30.3 Å². The first-order chi connectivity index (χ1) is 14.2. The predicted molar refractivity (Wildman–Crippen MR) is 119 cm³/mol. The van der Waals surface area contributed by atoms with Crippen LogP contribution in [0.5, 0.6) is 5.75 Å². The van der Waals surface area contributed by atoms with Crippen LogP contribution in [0.25, 0.3) is 0 Å². The van der Waals surface area contributed by atoms with E-state index in [-0.39, 0.29) is 24.2 Å². The van der Waals surface area contributed by atoms with Gasteiger partial charge in [0.05, 0.1) is 13.0 Å². The molecular weight excluding hydrogens is 402 g/mol. The summed E-state index contributed by atoms with van der Waals surface area (Å²) in [5.74, 6) is 2.80. The van der Waals surface area contributed by atoms with E-state index in [1.807, 2.05) is 35.2 Å². The van der Waals surface area contributed by atoms with Crippen molar-refractivity contribution in [2.75, 3.05) is 45.9 Å². The lowest BCUT2D eigenvalue weighted by Gasteiger charge is -2.34. The molecule has 2 atom stereocenters. The highest BCUT2D eigenvalue weighted by Gasteiger charge is 2.34. The average Bonchev–Trinajstić information content (AvgIpc) is 3.12. The number of ether oxygens (including phenoxy) is 1. The standard InChI is InChI=1S/C23H33N3O3.ClH/c27-22(10-15-29-21-4-2-1-3-5-21)25-11-6-18(7-12-25)23(28)26-13-8-19-16-24-17-20(19)9-14-26;/h1-5,18-20,24H,6-17H2;1H/t19-,20+;. The van der Waals surface area contributed by atoms with Gasteiger partial charge in [0.2, 0.25) is 11.8 Å². The van der Waals surface area contributed by atoms with Gasteiger partial charge in [0.25, 0.3) is 0 Å². The molecule has 6 nitrogen and oxygen atoms in total. The highest BCUT2D eigenvalue weighted by atomic mass is 35.5. The van der Waals surface area contributed by atoms with Crippen LogP contribution in [0.2, 0.25) is 0 Å². The number of para-hydroxylation sites is 1. The second-order valence-electron chi connectivity index (χ2n) is 8.65. The van der Waals surface area contributed by atoms with E-state index in [0.717, 1.165) is 69.4 Å². The number of nitrogens with zero attached hydrogens (tertiary/aromatic N) is 2. The molecule has 166 valence electrons. The Balaban J connectivity index is 0.00000256. The minimum Gasteiger partial charge on any atom is -0.493 e. The van der Waals surface area contributed by atoms with Crippen molar-refractivity contribution in [3.05, 3.63) is 30.3 Å². The number of piperidine rings is 1. The molecule has 2 amide bonds. The van der Waals surface area contributed by atoms with Crippen molar-refractivity contribution in [1.29, 1.82) is 0 Å². The van der Waals surface area contributed by atoms with E-state index < -0.39 is 0 Å². The third kappa shape index (κ3) is 5.67. The molecule has 0 unspecified atom stereocenters. The fourth-order valence-electron chi connectivity index (χ4n) is 5.00. The number of halogens is 1. The number of carbonyl (C=O) groups excluding carboxylic acids is 2. The summed E-state index contributed by atoms with van der Waals surface area (Å²) in [6.45, 7) is 5.79. The molecule has 0 bridgehead atoms. The molecule has 3 fully saturated rings. The van der Waals surface area contributed by atoms with Gasteiger partial charge < -0.3 is 19.9 Å². The van der Waals surface area contributed by atoms with Crippen molar-refractivity contribution < 1.29 is 14.3 Å². The molecule has 4 rings (SSSR count). The number of nitrogens with one attached hydrogen (secondary N) is 1. The second-order valence-corrected chi connectivity index (χ2v) is 8.65. The number of amides is 2. The van der Waals surface area contributed by atoms with Crippen LogP contribution in [-0.4, -0.2) is 67.5 Å². The fraction of sp³-hybridized carbons (Fsp3) is 0.652. The van der Waals surface area contributed by atoms with Gasteiger partial charge >= 0.3 is 0 Å². The number of hydrogen-bond donors (Lipinski definition) is 1. The maximum absolute atomic E-state index is 13.0. The van der Waals surface area contributed by atoms with Gasteiger partial charge in [-0.15, -0.1) is 12.4 Å². The molecule has 1 aromatic carbocycles. The van der Waals surface area contributed by atoms with Gasteiger partial charge in [-0.05, 0) is 62.7 Å². The molecule has 0 aromatic heterocycles. The second kappa shape index (κ2) is 11.0. The Labute approximate surface area is 185 Å². The third-order valence-corrected chi connectivity index (χ3v) is 6.86. The van der Waals surface area contributed by atoms with Crippen LogP contribution >= 0.6 is 12.4 Å². The summed E-state index contributed by atoms with van der Waals surface area (Å²) < 4.78 is 5.64. The highest BCUT2D eigenvalue weighted by molar-refractivity contribution is 5.85. The smallest absolute Gasteiger partial charge is 0.225 e. The number of fused-ring (bicyclic) bond motifs is 1. The van der Waals surface area contributed by atoms with Crippen molar-refractivity contribution in [3.8, 4) is 5.75 Å². The molecule has 1 N–H and O–H groups in total. The van der Waals surface area contributed by atoms with Gasteiger partial charge in [-0.3, -0.25) is 9.59 Å². The van der Waals surface area contributed by atoms with Gasteiger partial charge in [-0.1, -0.05) is 18.2 Å². The van der Waals surface area contributed by atoms with Crippen LogP contribution in [0.4, 0.5) is 0 Å². The first-order valence-electron chi connectivity index (χ1n) is 11.2. The van der Waals surface area contributed by atoms with E-state index in [4.69, 9.17) is 4.74 Å². The molecule has 1 aromatic rings. The fourth-order valence-corrected chi connectivity index (χ4v) is 5.00. The van der Waals surface area contributed by atoms with E-state index in [2.05, 4.69) is 10.2 Å². The molecule has 3 saturated heterocycles. The van der Waals surface area contributed by atoms with Crippen LogP contribution in [0.3, 0.4) is 0 Å². The van der Waals surface area contributed by atoms with Crippen molar-refractivity contribution in [1.82, 2.24) is 15.1 Å². The monoisotopic (exact) mass is 435 g/mol. The quantitative estimate of drug-likeness (QED) is 0.772. The van der Waals surface area contributed by atoms with E-state index in [9.17, 15) is 9.59 Å². The first kappa shape index (κ1) is 22.9. The maximum atomic E-state index is 13.0. The van der Waals surface area contributed by atoms with E-state index in [0.29, 0.717) is 32.0 Å². The third-order valence-electron chi connectivity index (χ3n) is 6.86. The van der Waals surface area contributed by atoms with Gasteiger partial charge in [0, 0.05) is 32.1 Å². The molecule has 3 heterocycles. The van der Waals surface area contributed by atoms with Crippen molar-refractivity contribution in [2.45, 2.75) is 32.1 Å². The summed E-state index contributed by atoms with van der Waals surface area (Å²) in [7, 11) is 0. The molecule has 3 aliphatic heterocycles. The SMILES string of the molecule is Cl.O=C(CCOc1ccccc1)N1CCC(C(=O)N2CC[C@@H]3CNC[C@@H]3CC2)CC1. The first-order valence-corrected chi connectivity index (χ1v) is 11.2. The summed E-state index contributed by atoms with van der Waals surface area (Å²) in [6.07, 6.45) is 4.21. The molecule has 30 heavy (non-hydrogen) atoms. The zero-order chi connectivity index (χ0) is 20.1. The predicted octanol–water partition coefficient (Wildman–Crippen LogP) is 2.57. The Morgan fingerprint density at radius 1 is 0.900 bits per heavy atom. The van der Waals surface area contributed by atoms with Gasteiger partial charge in [0.1, 0.15) is 5.75 Å². The lowest BCUT2D eigenvalue weighted by atomic mass is 9.92. The van der Waals surface area contributed by atoms with E-state index >= 15 is 0 Å². The number of likely N-dealkylation sites (tertiary alicyclic amines) is 2. The average molecular weight is 436 g/mol. The Hall–Kier alpha value is -1.79. The Morgan fingerprint density at radius 3 is 2.13 bits per heavy atom. The minimum absolute atomic E-state index is 0. The molecule has 0 radical (unpaired) electrons. The molecule has 0 spiro atoms. The van der Waals surface area contributed by atoms with Crippen molar-refractivity contribution in [2.24, 2.45) is 17.8 Å². The lowest BCUT2D eigenvalue weighted by Crippen LogP contribution is -2.45. The molecule has 3 aliphatic rings.